The minimum atomic E-state index is -0.541. The maximum absolute atomic E-state index is 12.1. The third-order valence-corrected chi connectivity index (χ3v) is 3.56. The van der Waals surface area contributed by atoms with E-state index in [1.165, 1.54) is 4.90 Å². The number of fused-ring (bicyclic) bond motifs is 1. The van der Waals surface area contributed by atoms with Crippen LogP contribution in [0.5, 0.6) is 0 Å². The molecule has 1 aliphatic rings. The summed E-state index contributed by atoms with van der Waals surface area (Å²) in [4.78, 5) is 29.8. The summed E-state index contributed by atoms with van der Waals surface area (Å²) in [5.74, 6) is -0.0921. The van der Waals surface area contributed by atoms with Gasteiger partial charge in [0.1, 0.15) is 0 Å². The quantitative estimate of drug-likeness (QED) is 0.802. The van der Waals surface area contributed by atoms with Crippen LogP contribution in [-0.2, 0) is 24.2 Å². The largest absolute Gasteiger partial charge is 0.339 e. The second-order valence-electron chi connectivity index (χ2n) is 4.88. The normalized spacial score (nSPS) is 13.9. The smallest absolute Gasteiger partial charge is 0.299 e. The van der Waals surface area contributed by atoms with Crippen molar-refractivity contribution in [1.82, 2.24) is 10.1 Å². The third-order valence-electron chi connectivity index (χ3n) is 3.56. The summed E-state index contributed by atoms with van der Waals surface area (Å²) in [7, 11) is 0. The number of aryl methyl sites for hydroxylation is 2. The Balaban J connectivity index is 1.93. The maximum Gasteiger partial charge on any atom is 0.299 e. The molecule has 2 heterocycles. The van der Waals surface area contributed by atoms with Gasteiger partial charge in [-0.2, -0.15) is 4.98 Å². The van der Waals surface area contributed by atoms with Gasteiger partial charge in [0.2, 0.25) is 5.89 Å². The molecule has 3 rings (SSSR count). The van der Waals surface area contributed by atoms with Crippen molar-refractivity contribution < 1.29 is 14.1 Å². The van der Waals surface area contributed by atoms with Gasteiger partial charge < -0.3 is 4.52 Å². The molecule has 0 atom stereocenters. The summed E-state index contributed by atoms with van der Waals surface area (Å²) in [5.41, 5.74) is 2.10. The maximum atomic E-state index is 12.1. The van der Waals surface area contributed by atoms with Crippen molar-refractivity contribution in [2.75, 3.05) is 4.90 Å². The van der Waals surface area contributed by atoms with Gasteiger partial charge >= 0.3 is 0 Å². The molecule has 0 N–H and O–H groups in total. The number of amides is 1. The van der Waals surface area contributed by atoms with Gasteiger partial charge in [-0.3, -0.25) is 14.5 Å². The number of carbonyl (C=O) groups excluding carboxylic acids is 2. The van der Waals surface area contributed by atoms with E-state index in [0.717, 1.165) is 12.0 Å². The molecular weight excluding hydrogens is 270 g/mol. The molecule has 1 aromatic carbocycles. The Kier molecular flexibility index (Phi) is 3.29. The first kappa shape index (κ1) is 13.5. The SMILES string of the molecule is CCc1ccc2c(c1)C(=O)C(=O)N2Cc1noc(CC)n1. The molecule has 108 valence electrons. The summed E-state index contributed by atoms with van der Waals surface area (Å²) in [6, 6.07) is 5.51. The topological polar surface area (TPSA) is 76.3 Å². The standard InChI is InChI=1S/C15H15N3O3/c1-3-9-5-6-11-10(7-9)14(19)15(20)18(11)8-12-16-13(4-2)21-17-12/h5-7H,3-4,8H2,1-2H3. The fourth-order valence-electron chi connectivity index (χ4n) is 2.36. The minimum absolute atomic E-state index is 0.145. The van der Waals surface area contributed by atoms with Gasteiger partial charge in [-0.15, -0.1) is 0 Å². The molecule has 0 bridgehead atoms. The molecule has 2 aromatic rings. The second-order valence-corrected chi connectivity index (χ2v) is 4.88. The molecule has 0 saturated carbocycles. The van der Waals surface area contributed by atoms with Crippen LogP contribution in [0.1, 0.15) is 41.5 Å². The van der Waals surface area contributed by atoms with Crippen molar-refractivity contribution in [2.24, 2.45) is 0 Å². The average molecular weight is 285 g/mol. The average Bonchev–Trinajstić information content (AvgIpc) is 3.06. The molecule has 0 fully saturated rings. The Bertz CT molecular complexity index is 721. The summed E-state index contributed by atoms with van der Waals surface area (Å²) < 4.78 is 5.03. The van der Waals surface area contributed by atoms with Crippen LogP contribution < -0.4 is 4.90 Å². The Hall–Kier alpha value is -2.50. The molecule has 1 aliphatic heterocycles. The van der Waals surface area contributed by atoms with Crippen molar-refractivity contribution in [1.29, 1.82) is 0 Å². The fourth-order valence-corrected chi connectivity index (χ4v) is 2.36. The Labute approximate surface area is 121 Å². The van der Waals surface area contributed by atoms with Gasteiger partial charge in [0.25, 0.3) is 11.7 Å². The number of ketones is 1. The van der Waals surface area contributed by atoms with E-state index in [2.05, 4.69) is 10.1 Å². The van der Waals surface area contributed by atoms with Crippen LogP contribution in [-0.4, -0.2) is 21.8 Å². The zero-order chi connectivity index (χ0) is 15.0. The van der Waals surface area contributed by atoms with E-state index in [-0.39, 0.29) is 6.54 Å². The van der Waals surface area contributed by atoms with Crippen LogP contribution in [0.3, 0.4) is 0 Å². The zero-order valence-corrected chi connectivity index (χ0v) is 11.9. The molecule has 21 heavy (non-hydrogen) atoms. The number of hydrogen-bond donors (Lipinski definition) is 0. The zero-order valence-electron chi connectivity index (χ0n) is 11.9. The number of rotatable bonds is 4. The van der Waals surface area contributed by atoms with E-state index in [1.807, 2.05) is 19.9 Å². The molecule has 1 aromatic heterocycles. The number of benzene rings is 1. The molecule has 0 radical (unpaired) electrons. The molecule has 1 amide bonds. The lowest BCUT2D eigenvalue weighted by molar-refractivity contribution is -0.114. The van der Waals surface area contributed by atoms with Crippen LogP contribution in [0.4, 0.5) is 5.69 Å². The predicted molar refractivity (Wildman–Crippen MR) is 75.0 cm³/mol. The van der Waals surface area contributed by atoms with E-state index in [4.69, 9.17) is 4.52 Å². The summed E-state index contributed by atoms with van der Waals surface area (Å²) in [6.45, 7) is 4.06. The van der Waals surface area contributed by atoms with Crippen LogP contribution in [0, 0.1) is 0 Å². The lowest BCUT2D eigenvalue weighted by Gasteiger charge is -2.14. The first-order valence-corrected chi connectivity index (χ1v) is 6.94. The van der Waals surface area contributed by atoms with E-state index in [9.17, 15) is 9.59 Å². The third kappa shape index (κ3) is 2.22. The summed E-state index contributed by atoms with van der Waals surface area (Å²) in [5, 5.41) is 3.83. The van der Waals surface area contributed by atoms with Gasteiger partial charge in [0.15, 0.2) is 5.82 Å². The fraction of sp³-hybridized carbons (Fsp3) is 0.333. The second kappa shape index (κ2) is 5.12. The lowest BCUT2D eigenvalue weighted by atomic mass is 10.1. The van der Waals surface area contributed by atoms with E-state index in [0.29, 0.717) is 29.4 Å². The van der Waals surface area contributed by atoms with Crippen molar-refractivity contribution in [2.45, 2.75) is 33.2 Å². The monoisotopic (exact) mass is 285 g/mol. The number of Topliss-reactive ketones (excluding diaryl/α,β-unsaturated/α-hetero) is 1. The van der Waals surface area contributed by atoms with E-state index < -0.39 is 11.7 Å². The van der Waals surface area contributed by atoms with Crippen LogP contribution in [0.15, 0.2) is 22.7 Å². The Morgan fingerprint density at radius 1 is 1.19 bits per heavy atom. The molecule has 0 spiro atoms. The molecule has 6 heteroatoms. The number of hydrogen-bond acceptors (Lipinski definition) is 5. The van der Waals surface area contributed by atoms with Crippen molar-refractivity contribution in [3.8, 4) is 0 Å². The number of nitrogens with zero attached hydrogens (tertiary/aromatic N) is 3. The van der Waals surface area contributed by atoms with Crippen LogP contribution in [0.2, 0.25) is 0 Å². The number of anilines is 1. The Morgan fingerprint density at radius 2 is 2.00 bits per heavy atom. The molecule has 0 aliphatic carbocycles. The van der Waals surface area contributed by atoms with Gasteiger partial charge in [0, 0.05) is 6.42 Å². The molecular formula is C15H15N3O3. The highest BCUT2D eigenvalue weighted by atomic mass is 16.5. The highest BCUT2D eigenvalue weighted by molar-refractivity contribution is 6.52. The van der Waals surface area contributed by atoms with E-state index >= 15 is 0 Å². The summed E-state index contributed by atoms with van der Waals surface area (Å²) in [6.07, 6.45) is 1.45. The van der Waals surface area contributed by atoms with E-state index in [1.54, 1.807) is 12.1 Å². The molecule has 0 saturated heterocycles. The van der Waals surface area contributed by atoms with Crippen molar-refractivity contribution in [3.63, 3.8) is 0 Å². The van der Waals surface area contributed by atoms with Crippen LogP contribution in [0.25, 0.3) is 0 Å². The highest BCUT2D eigenvalue weighted by Gasteiger charge is 2.36. The summed E-state index contributed by atoms with van der Waals surface area (Å²) >= 11 is 0. The first-order chi connectivity index (χ1) is 10.1. The number of aromatic nitrogens is 2. The van der Waals surface area contributed by atoms with Gasteiger partial charge in [-0.1, -0.05) is 25.1 Å². The van der Waals surface area contributed by atoms with Crippen molar-refractivity contribution in [3.05, 3.63) is 41.0 Å². The van der Waals surface area contributed by atoms with Gasteiger partial charge in [-0.25, -0.2) is 0 Å². The van der Waals surface area contributed by atoms with Crippen LogP contribution >= 0.6 is 0 Å². The first-order valence-electron chi connectivity index (χ1n) is 6.94. The lowest BCUT2D eigenvalue weighted by Crippen LogP contribution is -2.29. The van der Waals surface area contributed by atoms with Crippen molar-refractivity contribution >= 4 is 17.4 Å². The minimum Gasteiger partial charge on any atom is -0.339 e. The predicted octanol–water partition coefficient (Wildman–Crippen LogP) is 1.92. The highest BCUT2D eigenvalue weighted by Crippen LogP contribution is 2.30. The number of carbonyl (C=O) groups is 2. The molecule has 6 nitrogen and oxygen atoms in total. The van der Waals surface area contributed by atoms with Gasteiger partial charge in [-0.05, 0) is 24.1 Å². The molecule has 0 unspecified atom stereocenters. The van der Waals surface area contributed by atoms with Gasteiger partial charge in [0.05, 0.1) is 17.8 Å². The Morgan fingerprint density at radius 3 is 2.67 bits per heavy atom.